The van der Waals surface area contributed by atoms with Crippen molar-refractivity contribution in [3.63, 3.8) is 0 Å². The van der Waals surface area contributed by atoms with Gasteiger partial charge in [0.2, 0.25) is 0 Å². The Morgan fingerprint density at radius 2 is 1.76 bits per heavy atom. The molecule has 0 saturated carbocycles. The Kier molecular flexibility index (Phi) is 5.28. The van der Waals surface area contributed by atoms with Crippen LogP contribution in [0.15, 0.2) is 18.2 Å². The van der Waals surface area contributed by atoms with Gasteiger partial charge in [-0.2, -0.15) is 0 Å². The average Bonchev–Trinajstić information content (AvgIpc) is 2.46. The number of methoxy groups -OCH3 is 2. The van der Waals surface area contributed by atoms with Gasteiger partial charge >= 0.3 is 0 Å². The molecule has 116 valence electrons. The lowest BCUT2D eigenvalue weighted by Gasteiger charge is -2.36. The molecule has 0 radical (unpaired) electrons. The summed E-state index contributed by atoms with van der Waals surface area (Å²) in [6.07, 6.45) is 1.27. The van der Waals surface area contributed by atoms with Crippen LogP contribution in [0.4, 0.5) is 5.69 Å². The molecule has 0 aromatic heterocycles. The van der Waals surface area contributed by atoms with Crippen LogP contribution in [-0.4, -0.2) is 37.3 Å². The van der Waals surface area contributed by atoms with Crippen LogP contribution in [0.25, 0.3) is 0 Å². The third kappa shape index (κ3) is 4.00. The van der Waals surface area contributed by atoms with E-state index in [-0.39, 0.29) is 0 Å². The zero-order valence-corrected chi connectivity index (χ0v) is 14.0. The Hall–Kier alpha value is -1.49. The fraction of sp³-hybridized carbons (Fsp3) is 0.562. The zero-order chi connectivity index (χ0) is 15.4. The molecule has 1 N–H and O–H groups in total. The van der Waals surface area contributed by atoms with Crippen LogP contribution in [0.3, 0.4) is 0 Å². The lowest BCUT2D eigenvalue weighted by Crippen LogP contribution is -2.44. The quantitative estimate of drug-likeness (QED) is 0.866. The molecule has 1 aliphatic rings. The van der Waals surface area contributed by atoms with E-state index in [2.05, 4.69) is 24.1 Å². The summed E-state index contributed by atoms with van der Waals surface area (Å²) < 4.78 is 10.6. The van der Waals surface area contributed by atoms with Gasteiger partial charge in [-0.05, 0) is 42.6 Å². The van der Waals surface area contributed by atoms with E-state index in [0.717, 1.165) is 23.9 Å². The molecule has 1 aromatic carbocycles. The van der Waals surface area contributed by atoms with Crippen LogP contribution in [0.5, 0.6) is 11.5 Å². The highest BCUT2D eigenvalue weighted by Gasteiger charge is 2.23. The number of thiocarbonyl (C=S) groups is 1. The first-order valence-electron chi connectivity index (χ1n) is 7.31. The Bertz CT molecular complexity index is 497. The molecular formula is C16H24N2O2S. The number of nitrogens with zero attached hydrogens (tertiary/aromatic N) is 1. The van der Waals surface area contributed by atoms with E-state index in [0.29, 0.717) is 23.3 Å². The van der Waals surface area contributed by atoms with Crippen LogP contribution >= 0.6 is 12.2 Å². The maximum atomic E-state index is 5.55. The summed E-state index contributed by atoms with van der Waals surface area (Å²) in [6.45, 7) is 6.59. The summed E-state index contributed by atoms with van der Waals surface area (Å²) in [5, 5.41) is 4.08. The van der Waals surface area contributed by atoms with Gasteiger partial charge in [-0.1, -0.05) is 13.8 Å². The van der Waals surface area contributed by atoms with Gasteiger partial charge in [0, 0.05) is 24.8 Å². The lowest BCUT2D eigenvalue weighted by atomic mass is 9.92. The maximum absolute atomic E-state index is 5.55. The molecule has 1 heterocycles. The number of ether oxygens (including phenoxy) is 2. The molecule has 0 bridgehead atoms. The monoisotopic (exact) mass is 308 g/mol. The Morgan fingerprint density at radius 3 is 2.33 bits per heavy atom. The van der Waals surface area contributed by atoms with Gasteiger partial charge in [-0.15, -0.1) is 0 Å². The number of benzene rings is 1. The minimum Gasteiger partial charge on any atom is -0.493 e. The molecule has 21 heavy (non-hydrogen) atoms. The molecule has 2 atom stereocenters. The highest BCUT2D eigenvalue weighted by Crippen LogP contribution is 2.30. The summed E-state index contributed by atoms with van der Waals surface area (Å²) in [6, 6.07) is 5.73. The van der Waals surface area contributed by atoms with Crippen molar-refractivity contribution in [2.75, 3.05) is 32.6 Å². The molecule has 0 spiro atoms. The Labute approximate surface area is 132 Å². The largest absolute Gasteiger partial charge is 0.493 e. The fourth-order valence-electron chi connectivity index (χ4n) is 2.95. The third-order valence-corrected chi connectivity index (χ3v) is 4.15. The van der Waals surface area contributed by atoms with E-state index in [9.17, 15) is 0 Å². The first-order valence-corrected chi connectivity index (χ1v) is 7.72. The van der Waals surface area contributed by atoms with Crippen LogP contribution in [0.2, 0.25) is 0 Å². The topological polar surface area (TPSA) is 33.7 Å². The molecule has 1 saturated heterocycles. The molecular weight excluding hydrogens is 284 g/mol. The smallest absolute Gasteiger partial charge is 0.173 e. The van der Waals surface area contributed by atoms with Crippen LogP contribution in [-0.2, 0) is 0 Å². The van der Waals surface area contributed by atoms with Crippen molar-refractivity contribution in [3.05, 3.63) is 18.2 Å². The third-order valence-electron chi connectivity index (χ3n) is 3.79. The average molecular weight is 308 g/mol. The number of nitrogens with one attached hydrogen (secondary N) is 1. The van der Waals surface area contributed by atoms with Crippen molar-refractivity contribution in [2.24, 2.45) is 11.8 Å². The molecule has 1 aliphatic heterocycles. The second kappa shape index (κ2) is 6.98. The maximum Gasteiger partial charge on any atom is 0.173 e. The molecule has 0 amide bonds. The molecule has 2 rings (SSSR count). The van der Waals surface area contributed by atoms with Gasteiger partial charge in [0.1, 0.15) is 0 Å². The van der Waals surface area contributed by atoms with Crippen molar-refractivity contribution < 1.29 is 9.47 Å². The molecule has 4 nitrogen and oxygen atoms in total. The molecule has 2 unspecified atom stereocenters. The SMILES string of the molecule is COc1ccc(NC(=S)N2CC(C)CC(C)C2)cc1OC. The van der Waals surface area contributed by atoms with Gasteiger partial charge in [-0.25, -0.2) is 0 Å². The Balaban J connectivity index is 2.05. The fourth-order valence-corrected chi connectivity index (χ4v) is 3.21. The second-order valence-corrected chi connectivity index (χ2v) is 6.24. The van der Waals surface area contributed by atoms with Crippen molar-refractivity contribution in [3.8, 4) is 11.5 Å². The van der Waals surface area contributed by atoms with Gasteiger partial charge in [0.25, 0.3) is 0 Å². The lowest BCUT2D eigenvalue weighted by molar-refractivity contribution is 0.216. The first-order chi connectivity index (χ1) is 10.0. The number of likely N-dealkylation sites (tertiary alicyclic amines) is 1. The molecule has 0 aliphatic carbocycles. The normalized spacial score (nSPS) is 21.8. The predicted octanol–water partition coefficient (Wildman–Crippen LogP) is 3.38. The predicted molar refractivity (Wildman–Crippen MR) is 90.3 cm³/mol. The molecule has 5 heteroatoms. The number of hydrogen-bond acceptors (Lipinski definition) is 3. The van der Waals surface area contributed by atoms with Crippen molar-refractivity contribution >= 4 is 23.0 Å². The minimum atomic E-state index is 0.680. The van der Waals surface area contributed by atoms with Gasteiger partial charge in [0.15, 0.2) is 16.6 Å². The number of rotatable bonds is 3. The van der Waals surface area contributed by atoms with E-state index >= 15 is 0 Å². The zero-order valence-electron chi connectivity index (χ0n) is 13.2. The van der Waals surface area contributed by atoms with Crippen molar-refractivity contribution in [1.29, 1.82) is 0 Å². The number of piperidine rings is 1. The highest BCUT2D eigenvalue weighted by molar-refractivity contribution is 7.80. The summed E-state index contributed by atoms with van der Waals surface area (Å²) in [5.41, 5.74) is 0.920. The summed E-state index contributed by atoms with van der Waals surface area (Å²) in [4.78, 5) is 2.25. The summed E-state index contributed by atoms with van der Waals surface area (Å²) >= 11 is 5.55. The molecule has 1 aromatic rings. The van der Waals surface area contributed by atoms with Gasteiger partial charge in [0.05, 0.1) is 14.2 Å². The molecule has 1 fully saturated rings. The van der Waals surface area contributed by atoms with Crippen molar-refractivity contribution in [1.82, 2.24) is 4.90 Å². The number of anilines is 1. The second-order valence-electron chi connectivity index (χ2n) is 5.85. The van der Waals surface area contributed by atoms with E-state index in [1.807, 2.05) is 18.2 Å². The summed E-state index contributed by atoms with van der Waals surface area (Å²) in [5.74, 6) is 2.78. The van der Waals surface area contributed by atoms with Gasteiger partial charge in [-0.3, -0.25) is 0 Å². The van der Waals surface area contributed by atoms with Crippen LogP contribution < -0.4 is 14.8 Å². The van der Waals surface area contributed by atoms with Crippen molar-refractivity contribution in [2.45, 2.75) is 20.3 Å². The van der Waals surface area contributed by atoms with E-state index in [1.165, 1.54) is 6.42 Å². The highest BCUT2D eigenvalue weighted by atomic mass is 32.1. The van der Waals surface area contributed by atoms with E-state index in [4.69, 9.17) is 21.7 Å². The first kappa shape index (κ1) is 15.9. The van der Waals surface area contributed by atoms with Crippen LogP contribution in [0, 0.1) is 11.8 Å². The van der Waals surface area contributed by atoms with Gasteiger partial charge < -0.3 is 19.7 Å². The summed E-state index contributed by atoms with van der Waals surface area (Å²) in [7, 11) is 3.26. The van der Waals surface area contributed by atoms with E-state index < -0.39 is 0 Å². The van der Waals surface area contributed by atoms with E-state index in [1.54, 1.807) is 14.2 Å². The number of hydrogen-bond donors (Lipinski definition) is 1. The standard InChI is InChI=1S/C16H24N2O2S/c1-11-7-12(2)10-18(9-11)16(21)17-13-5-6-14(19-3)15(8-13)20-4/h5-6,8,11-12H,7,9-10H2,1-4H3,(H,17,21). The van der Waals surface area contributed by atoms with Crippen LogP contribution in [0.1, 0.15) is 20.3 Å². The Morgan fingerprint density at radius 1 is 1.14 bits per heavy atom. The minimum absolute atomic E-state index is 0.680.